The molecule has 0 fully saturated rings. The van der Waals surface area contributed by atoms with Crippen molar-refractivity contribution in [1.82, 2.24) is 0 Å². The third-order valence-corrected chi connectivity index (χ3v) is 2.79. The maximum atomic E-state index is 13.2. The molecule has 18 heavy (non-hydrogen) atoms. The van der Waals surface area contributed by atoms with E-state index in [2.05, 4.69) is 0 Å². The minimum Gasteiger partial charge on any atom is -0.371 e. The molecular formula is C13H20FN3O. The van der Waals surface area contributed by atoms with Crippen molar-refractivity contribution in [1.29, 1.82) is 0 Å². The van der Waals surface area contributed by atoms with Gasteiger partial charge in [0, 0.05) is 18.8 Å². The van der Waals surface area contributed by atoms with Gasteiger partial charge in [-0.3, -0.25) is 4.79 Å². The lowest BCUT2D eigenvalue weighted by molar-refractivity contribution is -0.121. The van der Waals surface area contributed by atoms with Crippen LogP contribution >= 0.6 is 0 Å². The van der Waals surface area contributed by atoms with Crippen molar-refractivity contribution in [2.24, 2.45) is 17.4 Å². The van der Waals surface area contributed by atoms with Gasteiger partial charge in [-0.2, -0.15) is 0 Å². The second-order valence-electron chi connectivity index (χ2n) is 4.37. The Morgan fingerprint density at radius 2 is 2.22 bits per heavy atom. The highest BCUT2D eigenvalue weighted by molar-refractivity contribution is 5.77. The Kier molecular flexibility index (Phi) is 5.58. The molecule has 1 aromatic carbocycles. The maximum Gasteiger partial charge on any atom is 0.222 e. The predicted molar refractivity (Wildman–Crippen MR) is 70.6 cm³/mol. The van der Waals surface area contributed by atoms with Gasteiger partial charge in [0.15, 0.2) is 0 Å². The molecule has 100 valence electrons. The average Bonchev–Trinajstić information content (AvgIpc) is 2.34. The van der Waals surface area contributed by atoms with E-state index in [0.29, 0.717) is 19.6 Å². The summed E-state index contributed by atoms with van der Waals surface area (Å²) < 4.78 is 13.2. The van der Waals surface area contributed by atoms with Crippen LogP contribution in [-0.2, 0) is 4.79 Å². The summed E-state index contributed by atoms with van der Waals surface area (Å²) in [4.78, 5) is 13.0. The molecule has 0 aliphatic heterocycles. The third kappa shape index (κ3) is 4.33. The maximum absolute atomic E-state index is 13.2. The summed E-state index contributed by atoms with van der Waals surface area (Å²) in [7, 11) is 0. The topological polar surface area (TPSA) is 72.3 Å². The summed E-state index contributed by atoms with van der Waals surface area (Å²) in [5, 5.41) is 0. The van der Waals surface area contributed by atoms with Crippen molar-refractivity contribution in [3.05, 3.63) is 30.1 Å². The first-order valence-electron chi connectivity index (χ1n) is 6.04. The third-order valence-electron chi connectivity index (χ3n) is 2.79. The number of rotatable bonds is 7. The van der Waals surface area contributed by atoms with Crippen LogP contribution in [0.2, 0.25) is 0 Å². The molecule has 1 amide bonds. The van der Waals surface area contributed by atoms with Crippen LogP contribution in [0, 0.1) is 11.7 Å². The van der Waals surface area contributed by atoms with E-state index in [0.717, 1.165) is 12.1 Å². The Labute approximate surface area is 107 Å². The van der Waals surface area contributed by atoms with Crippen LogP contribution in [0.15, 0.2) is 24.3 Å². The number of nitrogens with zero attached hydrogens (tertiary/aromatic N) is 1. The summed E-state index contributed by atoms with van der Waals surface area (Å²) in [5.41, 5.74) is 11.5. The minimum absolute atomic E-state index is 0.286. The minimum atomic E-state index is -0.357. The molecule has 4 N–H and O–H groups in total. The fourth-order valence-electron chi connectivity index (χ4n) is 1.70. The Morgan fingerprint density at radius 3 is 2.78 bits per heavy atom. The van der Waals surface area contributed by atoms with Crippen LogP contribution in [0.25, 0.3) is 0 Å². The van der Waals surface area contributed by atoms with E-state index in [1.807, 2.05) is 11.0 Å². The normalized spacial score (nSPS) is 12.2. The molecule has 0 radical (unpaired) electrons. The van der Waals surface area contributed by atoms with Crippen LogP contribution < -0.4 is 16.4 Å². The molecule has 4 nitrogen and oxygen atoms in total. The zero-order chi connectivity index (χ0) is 13.5. The number of primary amides is 1. The monoisotopic (exact) mass is 253 g/mol. The van der Waals surface area contributed by atoms with Crippen LogP contribution in [-0.4, -0.2) is 25.5 Å². The van der Waals surface area contributed by atoms with Crippen LogP contribution in [0.4, 0.5) is 10.1 Å². The SMILES string of the molecule is CC(CN(CCCN)c1cccc(F)c1)C(N)=O. The molecule has 5 heteroatoms. The molecule has 0 spiro atoms. The van der Waals surface area contributed by atoms with Crippen molar-refractivity contribution in [3.8, 4) is 0 Å². The van der Waals surface area contributed by atoms with E-state index in [-0.39, 0.29) is 17.6 Å². The first kappa shape index (κ1) is 14.4. The van der Waals surface area contributed by atoms with Crippen molar-refractivity contribution >= 4 is 11.6 Å². The number of nitrogens with two attached hydrogens (primary N) is 2. The molecule has 0 heterocycles. The molecule has 0 bridgehead atoms. The first-order chi connectivity index (χ1) is 8.54. The zero-order valence-corrected chi connectivity index (χ0v) is 10.6. The van der Waals surface area contributed by atoms with E-state index in [4.69, 9.17) is 11.5 Å². The summed E-state index contributed by atoms with van der Waals surface area (Å²) in [6.07, 6.45) is 0.780. The molecule has 0 saturated carbocycles. The lowest BCUT2D eigenvalue weighted by atomic mass is 10.1. The van der Waals surface area contributed by atoms with Gasteiger partial charge < -0.3 is 16.4 Å². The predicted octanol–water partition coefficient (Wildman–Crippen LogP) is 1.10. The van der Waals surface area contributed by atoms with Gasteiger partial charge in [0.2, 0.25) is 5.91 Å². The number of halogens is 1. The molecule has 0 aliphatic rings. The molecule has 1 aromatic rings. The molecule has 1 atom stereocenters. The van der Waals surface area contributed by atoms with Gasteiger partial charge in [0.25, 0.3) is 0 Å². The number of carbonyl (C=O) groups excluding carboxylic acids is 1. The van der Waals surface area contributed by atoms with Crippen molar-refractivity contribution in [2.75, 3.05) is 24.5 Å². The summed E-state index contributed by atoms with van der Waals surface area (Å²) in [5.74, 6) is -0.938. The van der Waals surface area contributed by atoms with Gasteiger partial charge in [-0.05, 0) is 31.2 Å². The second-order valence-corrected chi connectivity index (χ2v) is 4.37. The number of anilines is 1. The van der Waals surface area contributed by atoms with Crippen LogP contribution in [0.1, 0.15) is 13.3 Å². The molecular weight excluding hydrogens is 233 g/mol. The fraction of sp³-hybridized carbons (Fsp3) is 0.462. The standard InChI is InChI=1S/C13H20FN3O/c1-10(13(16)18)9-17(7-3-6-15)12-5-2-4-11(14)8-12/h2,4-5,8,10H,3,6-7,9,15H2,1H3,(H2,16,18). The van der Waals surface area contributed by atoms with Crippen LogP contribution in [0.3, 0.4) is 0 Å². The van der Waals surface area contributed by atoms with E-state index < -0.39 is 0 Å². The van der Waals surface area contributed by atoms with Gasteiger partial charge >= 0.3 is 0 Å². The Balaban J connectivity index is 2.80. The first-order valence-corrected chi connectivity index (χ1v) is 6.04. The van der Waals surface area contributed by atoms with E-state index in [9.17, 15) is 9.18 Å². The molecule has 1 rings (SSSR count). The molecule has 0 aliphatic carbocycles. The van der Waals surface area contributed by atoms with Crippen molar-refractivity contribution in [2.45, 2.75) is 13.3 Å². The van der Waals surface area contributed by atoms with Gasteiger partial charge in [0.1, 0.15) is 5.82 Å². The van der Waals surface area contributed by atoms with E-state index in [1.165, 1.54) is 12.1 Å². The number of carbonyl (C=O) groups is 1. The van der Waals surface area contributed by atoms with Gasteiger partial charge in [-0.25, -0.2) is 4.39 Å². The second kappa shape index (κ2) is 6.96. The zero-order valence-electron chi connectivity index (χ0n) is 10.6. The van der Waals surface area contributed by atoms with Gasteiger partial charge in [-0.1, -0.05) is 13.0 Å². The van der Waals surface area contributed by atoms with Crippen molar-refractivity contribution in [3.63, 3.8) is 0 Å². The number of hydrogen-bond donors (Lipinski definition) is 2. The van der Waals surface area contributed by atoms with Gasteiger partial charge in [-0.15, -0.1) is 0 Å². The summed E-state index contributed by atoms with van der Waals surface area (Å²) in [6.45, 7) is 3.46. The highest BCUT2D eigenvalue weighted by Crippen LogP contribution is 2.17. The Bertz CT molecular complexity index is 398. The van der Waals surface area contributed by atoms with E-state index in [1.54, 1.807) is 13.0 Å². The lowest BCUT2D eigenvalue weighted by Crippen LogP contribution is -2.36. The number of benzene rings is 1. The highest BCUT2D eigenvalue weighted by atomic mass is 19.1. The van der Waals surface area contributed by atoms with Crippen LogP contribution in [0.5, 0.6) is 0 Å². The van der Waals surface area contributed by atoms with E-state index >= 15 is 0 Å². The highest BCUT2D eigenvalue weighted by Gasteiger charge is 2.15. The largest absolute Gasteiger partial charge is 0.371 e. The van der Waals surface area contributed by atoms with Crippen molar-refractivity contribution < 1.29 is 9.18 Å². The number of amides is 1. The number of hydrogen-bond acceptors (Lipinski definition) is 3. The Morgan fingerprint density at radius 1 is 1.50 bits per heavy atom. The smallest absolute Gasteiger partial charge is 0.222 e. The molecule has 0 saturated heterocycles. The quantitative estimate of drug-likeness (QED) is 0.764. The molecule has 0 aromatic heterocycles. The average molecular weight is 253 g/mol. The molecule has 1 unspecified atom stereocenters. The lowest BCUT2D eigenvalue weighted by Gasteiger charge is -2.26. The fourth-order valence-corrected chi connectivity index (χ4v) is 1.70. The summed E-state index contributed by atoms with van der Waals surface area (Å²) in [6, 6.07) is 6.30. The summed E-state index contributed by atoms with van der Waals surface area (Å²) >= 11 is 0. The Hall–Kier alpha value is -1.62. The van der Waals surface area contributed by atoms with Gasteiger partial charge in [0.05, 0.1) is 5.92 Å².